The molecule has 1 amide bonds. The van der Waals surface area contributed by atoms with E-state index in [9.17, 15) is 4.79 Å². The topological polar surface area (TPSA) is 62.2 Å². The first-order valence-corrected chi connectivity index (χ1v) is 6.26. The van der Waals surface area contributed by atoms with Gasteiger partial charge in [-0.3, -0.25) is 4.79 Å². The Hall–Kier alpha value is -0.940. The van der Waals surface area contributed by atoms with Crippen LogP contribution in [-0.2, 0) is 11.2 Å². The maximum absolute atomic E-state index is 11.4. The van der Waals surface area contributed by atoms with Gasteiger partial charge in [0, 0.05) is 17.8 Å². The van der Waals surface area contributed by atoms with Gasteiger partial charge in [-0.1, -0.05) is 13.8 Å². The minimum atomic E-state index is -0.509. The van der Waals surface area contributed by atoms with Crippen LogP contribution >= 0.6 is 11.3 Å². The number of rotatable bonds is 5. The largest absolute Gasteiger partial charge is 0.392 e. The molecule has 0 aliphatic carbocycles. The molecule has 0 saturated carbocycles. The van der Waals surface area contributed by atoms with Crippen LogP contribution in [0.15, 0.2) is 5.38 Å². The smallest absolute Gasteiger partial charge is 0.226 e. The Labute approximate surface area is 99.7 Å². The van der Waals surface area contributed by atoms with Gasteiger partial charge < -0.3 is 10.4 Å². The number of carbonyl (C=O) groups is 1. The first kappa shape index (κ1) is 13.1. The number of aliphatic hydroxyl groups excluding tert-OH is 1. The average Bonchev–Trinajstić information content (AvgIpc) is 2.63. The molecule has 0 radical (unpaired) electrons. The van der Waals surface area contributed by atoms with E-state index in [0.717, 1.165) is 10.7 Å². The minimum Gasteiger partial charge on any atom is -0.392 e. The highest BCUT2D eigenvalue weighted by atomic mass is 32.1. The Morgan fingerprint density at radius 3 is 2.75 bits per heavy atom. The molecule has 1 aromatic heterocycles. The highest BCUT2D eigenvalue weighted by Crippen LogP contribution is 2.19. The molecule has 1 atom stereocenters. The molecule has 16 heavy (non-hydrogen) atoms. The SMILES string of the molecule is CC(O)CNC(=O)Cc1csc(C(C)C)n1. The standard InChI is InChI=1S/C11H18N2O2S/c1-7(2)11-13-9(6-16-11)4-10(15)12-5-8(3)14/h6-8,14H,4-5H2,1-3H3,(H,12,15). The van der Waals surface area contributed by atoms with Gasteiger partial charge in [-0.25, -0.2) is 4.98 Å². The first-order chi connectivity index (χ1) is 7.49. The Bertz CT molecular complexity index is 348. The van der Waals surface area contributed by atoms with Crippen LogP contribution < -0.4 is 5.32 Å². The van der Waals surface area contributed by atoms with E-state index >= 15 is 0 Å². The predicted molar refractivity (Wildman–Crippen MR) is 64.6 cm³/mol. The minimum absolute atomic E-state index is 0.0958. The normalized spacial score (nSPS) is 12.8. The molecule has 1 heterocycles. The Balaban J connectivity index is 2.43. The number of thiazole rings is 1. The van der Waals surface area contributed by atoms with Crippen LogP contribution in [0.5, 0.6) is 0 Å². The Kier molecular flexibility index (Phi) is 4.89. The molecule has 0 spiro atoms. The van der Waals surface area contributed by atoms with Crippen molar-refractivity contribution in [2.24, 2.45) is 0 Å². The highest BCUT2D eigenvalue weighted by Gasteiger charge is 2.09. The van der Waals surface area contributed by atoms with E-state index < -0.39 is 6.10 Å². The van der Waals surface area contributed by atoms with E-state index in [1.54, 1.807) is 18.3 Å². The predicted octanol–water partition coefficient (Wildman–Crippen LogP) is 1.31. The molecule has 0 fully saturated rings. The van der Waals surface area contributed by atoms with Gasteiger partial charge in [-0.2, -0.15) is 0 Å². The monoisotopic (exact) mass is 242 g/mol. The average molecular weight is 242 g/mol. The lowest BCUT2D eigenvalue weighted by molar-refractivity contribution is -0.120. The summed E-state index contributed by atoms with van der Waals surface area (Å²) in [4.78, 5) is 15.8. The van der Waals surface area contributed by atoms with Crippen LogP contribution in [0.1, 0.15) is 37.4 Å². The second-order valence-electron chi connectivity index (χ2n) is 4.16. The number of hydrogen-bond donors (Lipinski definition) is 2. The second kappa shape index (κ2) is 5.96. The number of nitrogens with zero attached hydrogens (tertiary/aromatic N) is 1. The molecule has 5 heteroatoms. The molecule has 90 valence electrons. The van der Waals surface area contributed by atoms with E-state index in [1.807, 2.05) is 5.38 Å². The van der Waals surface area contributed by atoms with Crippen LogP contribution in [0, 0.1) is 0 Å². The van der Waals surface area contributed by atoms with Crippen molar-refractivity contribution in [2.45, 2.75) is 39.2 Å². The molecule has 0 aliphatic heterocycles. The van der Waals surface area contributed by atoms with Crippen LogP contribution in [0.3, 0.4) is 0 Å². The van der Waals surface area contributed by atoms with Crippen molar-refractivity contribution in [3.8, 4) is 0 Å². The van der Waals surface area contributed by atoms with Crippen molar-refractivity contribution < 1.29 is 9.90 Å². The molecule has 0 bridgehead atoms. The first-order valence-electron chi connectivity index (χ1n) is 5.38. The van der Waals surface area contributed by atoms with Gasteiger partial charge in [-0.15, -0.1) is 11.3 Å². The van der Waals surface area contributed by atoms with Crippen LogP contribution in [0.4, 0.5) is 0 Å². The lowest BCUT2D eigenvalue weighted by Gasteiger charge is -2.05. The zero-order valence-corrected chi connectivity index (χ0v) is 10.7. The number of hydrogen-bond acceptors (Lipinski definition) is 4. The Morgan fingerprint density at radius 1 is 1.56 bits per heavy atom. The van der Waals surface area contributed by atoms with Gasteiger partial charge in [0.15, 0.2) is 0 Å². The summed E-state index contributed by atoms with van der Waals surface area (Å²) in [5.41, 5.74) is 0.803. The summed E-state index contributed by atoms with van der Waals surface area (Å²) in [5.74, 6) is 0.306. The fourth-order valence-corrected chi connectivity index (χ4v) is 1.99. The van der Waals surface area contributed by atoms with Crippen LogP contribution in [0.25, 0.3) is 0 Å². The van der Waals surface area contributed by atoms with Gasteiger partial charge in [0.05, 0.1) is 23.2 Å². The summed E-state index contributed by atoms with van der Waals surface area (Å²) >= 11 is 1.58. The molecule has 1 unspecified atom stereocenters. The second-order valence-corrected chi connectivity index (χ2v) is 5.05. The van der Waals surface area contributed by atoms with Gasteiger partial charge in [0.1, 0.15) is 0 Å². The third-order valence-corrected chi connectivity index (χ3v) is 3.19. The molecule has 4 nitrogen and oxygen atoms in total. The molecule has 1 rings (SSSR count). The van der Waals surface area contributed by atoms with Crippen LogP contribution in [-0.4, -0.2) is 28.6 Å². The van der Waals surface area contributed by atoms with Crippen molar-refractivity contribution in [1.29, 1.82) is 0 Å². The maximum Gasteiger partial charge on any atom is 0.226 e. The van der Waals surface area contributed by atoms with E-state index in [2.05, 4.69) is 24.1 Å². The summed E-state index contributed by atoms with van der Waals surface area (Å²) < 4.78 is 0. The molecule has 1 aromatic rings. The Morgan fingerprint density at radius 2 is 2.25 bits per heavy atom. The molecule has 0 aromatic carbocycles. The third kappa shape index (κ3) is 4.28. The molecule has 0 aliphatic rings. The summed E-state index contributed by atoms with van der Waals surface area (Å²) in [7, 11) is 0. The maximum atomic E-state index is 11.4. The molecule has 2 N–H and O–H groups in total. The lowest BCUT2D eigenvalue weighted by Crippen LogP contribution is -2.31. The number of amides is 1. The zero-order valence-electron chi connectivity index (χ0n) is 9.86. The van der Waals surface area contributed by atoms with E-state index in [4.69, 9.17) is 5.11 Å². The zero-order chi connectivity index (χ0) is 12.1. The van der Waals surface area contributed by atoms with E-state index in [0.29, 0.717) is 12.5 Å². The summed E-state index contributed by atoms with van der Waals surface area (Å²) in [6, 6.07) is 0. The van der Waals surface area contributed by atoms with Gasteiger partial charge in [-0.05, 0) is 6.92 Å². The van der Waals surface area contributed by atoms with E-state index in [-0.39, 0.29) is 12.3 Å². The van der Waals surface area contributed by atoms with Crippen molar-refractivity contribution in [2.75, 3.05) is 6.54 Å². The van der Waals surface area contributed by atoms with Gasteiger partial charge >= 0.3 is 0 Å². The van der Waals surface area contributed by atoms with Crippen LogP contribution in [0.2, 0.25) is 0 Å². The van der Waals surface area contributed by atoms with Crippen molar-refractivity contribution in [3.63, 3.8) is 0 Å². The number of carbonyl (C=O) groups excluding carboxylic acids is 1. The number of aliphatic hydroxyl groups is 1. The summed E-state index contributed by atoms with van der Waals surface area (Å²) in [6.07, 6.45) is -0.221. The van der Waals surface area contributed by atoms with Gasteiger partial charge in [0.2, 0.25) is 5.91 Å². The fraction of sp³-hybridized carbons (Fsp3) is 0.636. The van der Waals surface area contributed by atoms with Crippen molar-refractivity contribution in [1.82, 2.24) is 10.3 Å². The van der Waals surface area contributed by atoms with Crippen molar-refractivity contribution in [3.05, 3.63) is 16.1 Å². The molecular weight excluding hydrogens is 224 g/mol. The number of nitrogens with one attached hydrogen (secondary N) is 1. The third-order valence-electron chi connectivity index (χ3n) is 2.00. The van der Waals surface area contributed by atoms with Crippen molar-refractivity contribution >= 4 is 17.2 Å². The fourth-order valence-electron chi connectivity index (χ4n) is 1.16. The summed E-state index contributed by atoms with van der Waals surface area (Å²) in [5, 5.41) is 14.6. The quantitative estimate of drug-likeness (QED) is 0.818. The van der Waals surface area contributed by atoms with E-state index in [1.165, 1.54) is 0 Å². The molecule has 0 saturated heterocycles. The number of aromatic nitrogens is 1. The highest BCUT2D eigenvalue weighted by molar-refractivity contribution is 7.09. The van der Waals surface area contributed by atoms with Gasteiger partial charge in [0.25, 0.3) is 0 Å². The summed E-state index contributed by atoms with van der Waals surface area (Å²) in [6.45, 7) is 6.09. The lowest BCUT2D eigenvalue weighted by atomic mass is 10.2. The molecular formula is C11H18N2O2S.